The molecule has 2 aromatic rings. The van der Waals surface area contributed by atoms with E-state index in [2.05, 4.69) is 15.9 Å². The fraction of sp³-hybridized carbons (Fsp3) is 0.250. The molecule has 0 aliphatic heterocycles. The molecule has 1 unspecified atom stereocenters. The minimum atomic E-state index is -1.10. The summed E-state index contributed by atoms with van der Waals surface area (Å²) >= 11 is 4.70. The van der Waals surface area contributed by atoms with E-state index in [1.807, 2.05) is 37.3 Å². The number of thiophene rings is 1. The number of carbonyl (C=O) groups excluding carboxylic acids is 1. The van der Waals surface area contributed by atoms with Crippen molar-refractivity contribution in [2.45, 2.75) is 19.6 Å². The van der Waals surface area contributed by atoms with Crippen molar-refractivity contribution in [1.82, 2.24) is 4.90 Å². The number of halogens is 1. The molecule has 1 N–H and O–H groups in total. The van der Waals surface area contributed by atoms with Crippen molar-refractivity contribution >= 4 is 39.3 Å². The zero-order valence-electron chi connectivity index (χ0n) is 12.7. The molecule has 1 heterocycles. The summed E-state index contributed by atoms with van der Waals surface area (Å²) in [6.07, 6.45) is -0.677. The van der Waals surface area contributed by atoms with E-state index in [0.29, 0.717) is 4.88 Å². The number of amides is 1. The molecule has 0 fully saturated rings. The largest absolute Gasteiger partial charge is 0.479 e. The second-order valence-corrected chi connectivity index (χ2v) is 7.09. The van der Waals surface area contributed by atoms with Crippen molar-refractivity contribution in [3.8, 4) is 0 Å². The highest BCUT2D eigenvalue weighted by atomic mass is 79.9. The van der Waals surface area contributed by atoms with Gasteiger partial charge in [0.05, 0.1) is 0 Å². The van der Waals surface area contributed by atoms with E-state index in [-0.39, 0.29) is 6.61 Å². The van der Waals surface area contributed by atoms with Gasteiger partial charge in [0.25, 0.3) is 0 Å². The Labute approximate surface area is 146 Å². The van der Waals surface area contributed by atoms with Crippen LogP contribution >= 0.6 is 27.3 Å². The number of ether oxygens (including phenoxy) is 1. The zero-order chi connectivity index (χ0) is 17.0. The van der Waals surface area contributed by atoms with Crippen LogP contribution in [0.1, 0.15) is 21.4 Å². The molecule has 0 aliphatic rings. The Morgan fingerprint density at radius 3 is 2.52 bits per heavy atom. The van der Waals surface area contributed by atoms with Crippen LogP contribution < -0.4 is 0 Å². The van der Waals surface area contributed by atoms with Crippen LogP contribution in [0.25, 0.3) is 0 Å². The Morgan fingerprint density at radius 1 is 1.35 bits per heavy atom. The van der Waals surface area contributed by atoms with Gasteiger partial charge in [0, 0.05) is 21.3 Å². The molecular weight excluding hydrogens is 382 g/mol. The summed E-state index contributed by atoms with van der Waals surface area (Å²) in [6.45, 7) is 1.98. The van der Waals surface area contributed by atoms with Crippen LogP contribution in [0.2, 0.25) is 0 Å². The molecule has 7 heteroatoms. The van der Waals surface area contributed by atoms with Crippen molar-refractivity contribution in [2.75, 3.05) is 7.05 Å². The van der Waals surface area contributed by atoms with Gasteiger partial charge in [-0.3, -0.25) is 4.90 Å². The fourth-order valence-electron chi connectivity index (χ4n) is 2.02. The number of hydrogen-bond donors (Lipinski definition) is 1. The van der Waals surface area contributed by atoms with E-state index >= 15 is 0 Å². The normalized spacial score (nSPS) is 11.8. The molecule has 1 aromatic carbocycles. The lowest BCUT2D eigenvalue weighted by atomic mass is 10.2. The highest BCUT2D eigenvalue weighted by molar-refractivity contribution is 9.10. The average Bonchev–Trinajstić information content (AvgIpc) is 2.84. The van der Waals surface area contributed by atoms with Crippen LogP contribution in [-0.2, 0) is 16.1 Å². The lowest BCUT2D eigenvalue weighted by Crippen LogP contribution is -2.35. The fourth-order valence-corrected chi connectivity index (χ4v) is 3.72. The number of carboxylic acid groups (broad SMARTS) is 1. The minimum Gasteiger partial charge on any atom is -0.479 e. The van der Waals surface area contributed by atoms with Crippen molar-refractivity contribution in [3.05, 3.63) is 56.2 Å². The number of rotatable bonds is 5. The molecule has 0 spiro atoms. The molecule has 5 nitrogen and oxygen atoms in total. The maximum absolute atomic E-state index is 12.2. The molecule has 1 atom stereocenters. The molecular formula is C16H16BrNO4S. The highest BCUT2D eigenvalue weighted by Gasteiger charge is 2.31. The van der Waals surface area contributed by atoms with Crippen LogP contribution in [0.5, 0.6) is 0 Å². The van der Waals surface area contributed by atoms with Crippen molar-refractivity contribution < 1.29 is 19.4 Å². The second kappa shape index (κ2) is 7.61. The van der Waals surface area contributed by atoms with Crippen molar-refractivity contribution in [1.29, 1.82) is 0 Å². The Morgan fingerprint density at radius 2 is 2.00 bits per heavy atom. The van der Waals surface area contributed by atoms with E-state index < -0.39 is 18.1 Å². The molecule has 122 valence electrons. The van der Waals surface area contributed by atoms with Gasteiger partial charge >= 0.3 is 12.1 Å². The van der Waals surface area contributed by atoms with Crippen LogP contribution in [0.15, 0.2) is 40.9 Å². The molecule has 0 radical (unpaired) electrons. The van der Waals surface area contributed by atoms with Gasteiger partial charge in [-0.15, -0.1) is 11.3 Å². The monoisotopic (exact) mass is 397 g/mol. The first-order chi connectivity index (χ1) is 10.9. The summed E-state index contributed by atoms with van der Waals surface area (Å²) in [4.78, 5) is 26.4. The number of carbonyl (C=O) groups is 2. The molecule has 0 bridgehead atoms. The third kappa shape index (κ3) is 4.33. The van der Waals surface area contributed by atoms with Gasteiger partial charge in [-0.25, -0.2) is 9.59 Å². The summed E-state index contributed by atoms with van der Waals surface area (Å²) in [5, 5.41) is 9.47. The number of likely N-dealkylation sites (N-methyl/N-ethyl adjacent to an activating group) is 1. The summed E-state index contributed by atoms with van der Waals surface area (Å²) < 4.78 is 6.02. The highest BCUT2D eigenvalue weighted by Crippen LogP contribution is 2.33. The topological polar surface area (TPSA) is 66.8 Å². The van der Waals surface area contributed by atoms with Gasteiger partial charge in [-0.2, -0.15) is 0 Å². The van der Waals surface area contributed by atoms with Crippen LogP contribution in [0, 0.1) is 6.92 Å². The summed E-state index contributed by atoms with van der Waals surface area (Å²) in [5.41, 5.74) is 0.843. The predicted molar refractivity (Wildman–Crippen MR) is 91.5 cm³/mol. The molecule has 0 aliphatic carbocycles. The molecule has 0 saturated heterocycles. The third-order valence-corrected chi connectivity index (χ3v) is 5.45. The first kappa shape index (κ1) is 17.5. The van der Waals surface area contributed by atoms with Gasteiger partial charge in [0.15, 0.2) is 6.04 Å². The first-order valence-electron chi connectivity index (χ1n) is 6.82. The lowest BCUT2D eigenvalue weighted by molar-refractivity contribution is -0.142. The summed E-state index contributed by atoms with van der Waals surface area (Å²) in [7, 11) is 1.43. The Bertz CT molecular complexity index is 682. The van der Waals surface area contributed by atoms with Crippen molar-refractivity contribution in [2.24, 2.45) is 0 Å². The van der Waals surface area contributed by atoms with Crippen molar-refractivity contribution in [3.63, 3.8) is 0 Å². The average molecular weight is 398 g/mol. The van der Waals surface area contributed by atoms with E-state index in [1.54, 1.807) is 6.07 Å². The SMILES string of the molecule is Cc1sc(C(C(=O)O)N(C)C(=O)OCc2ccccc2)cc1Br. The smallest absolute Gasteiger partial charge is 0.410 e. The van der Waals surface area contributed by atoms with Gasteiger partial charge in [0.2, 0.25) is 0 Å². The molecule has 1 amide bonds. The molecule has 2 rings (SSSR count). The van der Waals surface area contributed by atoms with E-state index in [4.69, 9.17) is 4.74 Å². The van der Waals surface area contributed by atoms with Gasteiger partial charge in [0.1, 0.15) is 6.61 Å². The Kier molecular flexibility index (Phi) is 5.79. The van der Waals surface area contributed by atoms with E-state index in [0.717, 1.165) is 19.8 Å². The summed E-state index contributed by atoms with van der Waals surface area (Å²) in [6, 6.07) is 9.88. The molecule has 1 aromatic heterocycles. The van der Waals surface area contributed by atoms with Gasteiger partial charge in [-0.05, 0) is 34.5 Å². The number of aryl methyl sites for hydroxylation is 1. The molecule has 23 heavy (non-hydrogen) atoms. The summed E-state index contributed by atoms with van der Waals surface area (Å²) in [5.74, 6) is -1.10. The van der Waals surface area contributed by atoms with Crippen LogP contribution in [0.4, 0.5) is 4.79 Å². The number of hydrogen-bond acceptors (Lipinski definition) is 4. The number of aliphatic carboxylic acids is 1. The lowest BCUT2D eigenvalue weighted by Gasteiger charge is -2.23. The zero-order valence-corrected chi connectivity index (χ0v) is 15.1. The number of carboxylic acids is 1. The van der Waals surface area contributed by atoms with Gasteiger partial charge < -0.3 is 9.84 Å². The first-order valence-corrected chi connectivity index (χ1v) is 8.43. The predicted octanol–water partition coefficient (Wildman–Crippen LogP) is 4.21. The minimum absolute atomic E-state index is 0.101. The maximum atomic E-state index is 12.2. The van der Waals surface area contributed by atoms with Crippen LogP contribution in [-0.4, -0.2) is 29.1 Å². The van der Waals surface area contributed by atoms with Crippen LogP contribution in [0.3, 0.4) is 0 Å². The maximum Gasteiger partial charge on any atom is 0.410 e. The van der Waals surface area contributed by atoms with E-state index in [9.17, 15) is 14.7 Å². The second-order valence-electron chi connectivity index (χ2n) is 4.94. The molecule has 0 saturated carbocycles. The number of benzene rings is 1. The quantitative estimate of drug-likeness (QED) is 0.819. The number of nitrogens with zero attached hydrogens (tertiary/aromatic N) is 1. The third-order valence-electron chi connectivity index (χ3n) is 3.26. The van der Waals surface area contributed by atoms with Gasteiger partial charge in [-0.1, -0.05) is 30.3 Å². The van der Waals surface area contributed by atoms with E-state index in [1.165, 1.54) is 18.4 Å². The Balaban J connectivity index is 2.09. The Hall–Kier alpha value is -1.86. The standard InChI is InChI=1S/C16H16BrNO4S/c1-10-12(17)8-13(23-10)14(15(19)20)18(2)16(21)22-9-11-6-4-3-5-7-11/h3-8,14H,9H2,1-2H3,(H,19,20).